The quantitative estimate of drug-likeness (QED) is 0.760. The number of ketones is 1. The highest BCUT2D eigenvalue weighted by Crippen LogP contribution is 2.23. The summed E-state index contributed by atoms with van der Waals surface area (Å²) in [7, 11) is 0. The summed E-state index contributed by atoms with van der Waals surface area (Å²) in [6, 6.07) is 4.66. The van der Waals surface area contributed by atoms with Gasteiger partial charge in [0.1, 0.15) is 5.75 Å². The largest absolute Gasteiger partial charge is 0.493 e. The molecule has 0 aliphatic heterocycles. The number of carbonyl (C=O) groups excluding carboxylic acids is 1. The minimum Gasteiger partial charge on any atom is -0.493 e. The van der Waals surface area contributed by atoms with E-state index in [0.717, 1.165) is 0 Å². The highest BCUT2D eigenvalue weighted by atomic mass is 19.4. The fourth-order valence-electron chi connectivity index (χ4n) is 1.31. The zero-order chi connectivity index (χ0) is 13.1. The second-order valence-corrected chi connectivity index (χ2v) is 3.75. The van der Waals surface area contributed by atoms with E-state index in [2.05, 4.69) is 0 Å². The Hall–Kier alpha value is -1.52. The zero-order valence-electron chi connectivity index (χ0n) is 9.60. The Morgan fingerprint density at radius 3 is 2.47 bits per heavy atom. The fraction of sp³-hybridized carbons (Fsp3) is 0.417. The van der Waals surface area contributed by atoms with Crippen LogP contribution in [0.2, 0.25) is 0 Å². The highest BCUT2D eigenvalue weighted by Gasteiger charge is 2.26. The molecule has 1 rings (SSSR count). The van der Waals surface area contributed by atoms with Gasteiger partial charge in [-0.25, -0.2) is 0 Å². The van der Waals surface area contributed by atoms with Gasteiger partial charge in [-0.15, -0.1) is 0 Å². The molecule has 2 nitrogen and oxygen atoms in total. The molecule has 0 N–H and O–H groups in total. The molecule has 1 aromatic rings. The molecule has 0 atom stereocenters. The van der Waals surface area contributed by atoms with Gasteiger partial charge in [0.15, 0.2) is 5.78 Å². The molecule has 0 aliphatic carbocycles. The van der Waals surface area contributed by atoms with Crippen LogP contribution in [0.3, 0.4) is 0 Å². The summed E-state index contributed by atoms with van der Waals surface area (Å²) in [5, 5.41) is 0. The average Bonchev–Trinajstić information content (AvgIpc) is 2.18. The fourth-order valence-corrected chi connectivity index (χ4v) is 1.31. The maximum absolute atomic E-state index is 11.9. The molecule has 0 unspecified atom stereocenters. The van der Waals surface area contributed by atoms with E-state index in [4.69, 9.17) is 4.74 Å². The van der Waals surface area contributed by atoms with Crippen molar-refractivity contribution in [2.45, 2.75) is 26.4 Å². The Labute approximate surface area is 97.4 Å². The van der Waals surface area contributed by atoms with E-state index >= 15 is 0 Å². The third-order valence-electron chi connectivity index (χ3n) is 2.22. The number of hydrogen-bond donors (Lipinski definition) is 0. The van der Waals surface area contributed by atoms with Gasteiger partial charge in [-0.2, -0.15) is 13.2 Å². The van der Waals surface area contributed by atoms with Gasteiger partial charge in [-0.05, 0) is 37.6 Å². The summed E-state index contributed by atoms with van der Waals surface area (Å²) in [4.78, 5) is 11.1. The molecular weight excluding hydrogens is 233 g/mol. The van der Waals surface area contributed by atoms with Gasteiger partial charge in [-0.3, -0.25) is 4.79 Å². The number of rotatable bonds is 4. The summed E-state index contributed by atoms with van der Waals surface area (Å²) in [5.74, 6) is 0.286. The molecule has 0 saturated heterocycles. The number of aryl methyl sites for hydroxylation is 1. The Balaban J connectivity index is 2.64. The molecule has 0 fully saturated rings. The number of halogens is 3. The van der Waals surface area contributed by atoms with E-state index in [1.165, 1.54) is 19.1 Å². The van der Waals surface area contributed by atoms with E-state index in [-0.39, 0.29) is 5.78 Å². The van der Waals surface area contributed by atoms with Gasteiger partial charge in [0.25, 0.3) is 0 Å². The minimum atomic E-state index is -4.22. The molecule has 0 amide bonds. The third kappa shape index (κ3) is 4.46. The van der Waals surface area contributed by atoms with Crippen LogP contribution in [-0.4, -0.2) is 18.6 Å². The predicted octanol–water partition coefficient (Wildman–Crippen LogP) is 3.53. The number of benzene rings is 1. The molecule has 0 radical (unpaired) electrons. The van der Waals surface area contributed by atoms with Crippen molar-refractivity contribution in [3.63, 3.8) is 0 Å². The second-order valence-electron chi connectivity index (χ2n) is 3.75. The van der Waals surface area contributed by atoms with E-state index in [9.17, 15) is 18.0 Å². The lowest BCUT2D eigenvalue weighted by molar-refractivity contribution is -0.139. The van der Waals surface area contributed by atoms with Crippen LogP contribution in [0.4, 0.5) is 13.2 Å². The number of hydrogen-bond acceptors (Lipinski definition) is 2. The van der Waals surface area contributed by atoms with Crippen molar-refractivity contribution in [3.05, 3.63) is 29.3 Å². The summed E-state index contributed by atoms with van der Waals surface area (Å²) in [5.41, 5.74) is 1.17. The van der Waals surface area contributed by atoms with Crippen LogP contribution in [0.15, 0.2) is 18.2 Å². The number of carbonyl (C=O) groups is 1. The first-order valence-electron chi connectivity index (χ1n) is 5.11. The summed E-state index contributed by atoms with van der Waals surface area (Å²) >= 11 is 0. The molecule has 5 heteroatoms. The predicted molar refractivity (Wildman–Crippen MR) is 57.4 cm³/mol. The van der Waals surface area contributed by atoms with E-state index < -0.39 is 19.2 Å². The lowest BCUT2D eigenvalue weighted by Crippen LogP contribution is -2.13. The Kier molecular flexibility index (Phi) is 4.15. The van der Waals surface area contributed by atoms with Crippen molar-refractivity contribution in [3.8, 4) is 5.75 Å². The Morgan fingerprint density at radius 2 is 2.00 bits per heavy atom. The van der Waals surface area contributed by atoms with Crippen LogP contribution in [0.25, 0.3) is 0 Å². The van der Waals surface area contributed by atoms with E-state index in [1.54, 1.807) is 13.0 Å². The highest BCUT2D eigenvalue weighted by molar-refractivity contribution is 5.94. The van der Waals surface area contributed by atoms with E-state index in [0.29, 0.717) is 16.9 Å². The van der Waals surface area contributed by atoms with Crippen LogP contribution in [-0.2, 0) is 0 Å². The van der Waals surface area contributed by atoms with Gasteiger partial charge >= 0.3 is 6.18 Å². The molecule has 0 spiro atoms. The first-order valence-corrected chi connectivity index (χ1v) is 5.11. The van der Waals surface area contributed by atoms with Gasteiger partial charge < -0.3 is 4.74 Å². The molecule has 0 aromatic heterocycles. The van der Waals surface area contributed by atoms with E-state index in [1.807, 2.05) is 0 Å². The van der Waals surface area contributed by atoms with Crippen LogP contribution in [0, 0.1) is 6.92 Å². The maximum atomic E-state index is 11.9. The van der Waals surface area contributed by atoms with Crippen molar-refractivity contribution in [1.82, 2.24) is 0 Å². The molecule has 0 heterocycles. The first kappa shape index (κ1) is 13.5. The lowest BCUT2D eigenvalue weighted by atomic mass is 10.1. The van der Waals surface area contributed by atoms with Crippen molar-refractivity contribution >= 4 is 5.78 Å². The third-order valence-corrected chi connectivity index (χ3v) is 2.22. The SMILES string of the molecule is CC(=O)c1ccc(OCCC(F)(F)F)c(C)c1. The zero-order valence-corrected chi connectivity index (χ0v) is 9.60. The molecule has 0 bridgehead atoms. The summed E-state index contributed by atoms with van der Waals surface area (Å²) in [6.45, 7) is 2.71. The molecule has 17 heavy (non-hydrogen) atoms. The smallest absolute Gasteiger partial charge is 0.392 e. The van der Waals surface area contributed by atoms with Gasteiger partial charge in [0.2, 0.25) is 0 Å². The van der Waals surface area contributed by atoms with Crippen LogP contribution >= 0.6 is 0 Å². The van der Waals surface area contributed by atoms with Crippen molar-refractivity contribution < 1.29 is 22.7 Å². The average molecular weight is 246 g/mol. The molecular formula is C12H13F3O2. The Bertz CT molecular complexity index is 411. The molecule has 0 aliphatic rings. The standard InChI is InChI=1S/C12H13F3O2/c1-8-7-10(9(2)16)3-4-11(8)17-6-5-12(13,14)15/h3-4,7H,5-6H2,1-2H3. The topological polar surface area (TPSA) is 26.3 Å². The van der Waals surface area contributed by atoms with Crippen LogP contribution in [0.1, 0.15) is 29.3 Å². The van der Waals surface area contributed by atoms with Crippen LogP contribution < -0.4 is 4.74 Å². The van der Waals surface area contributed by atoms with Gasteiger partial charge in [-0.1, -0.05) is 0 Å². The number of Topliss-reactive ketones (excluding diaryl/α,β-unsaturated/α-hetero) is 1. The van der Waals surface area contributed by atoms with Crippen molar-refractivity contribution in [1.29, 1.82) is 0 Å². The number of alkyl halides is 3. The van der Waals surface area contributed by atoms with Gasteiger partial charge in [0, 0.05) is 5.56 Å². The maximum Gasteiger partial charge on any atom is 0.392 e. The summed E-state index contributed by atoms with van der Waals surface area (Å²) < 4.78 is 40.7. The summed E-state index contributed by atoms with van der Waals surface area (Å²) in [6.07, 6.45) is -5.20. The number of ether oxygens (including phenoxy) is 1. The van der Waals surface area contributed by atoms with Gasteiger partial charge in [0.05, 0.1) is 13.0 Å². The van der Waals surface area contributed by atoms with Crippen molar-refractivity contribution in [2.75, 3.05) is 6.61 Å². The minimum absolute atomic E-state index is 0.0880. The molecule has 94 valence electrons. The van der Waals surface area contributed by atoms with Crippen LogP contribution in [0.5, 0.6) is 5.75 Å². The first-order chi connectivity index (χ1) is 7.79. The molecule has 1 aromatic carbocycles. The lowest BCUT2D eigenvalue weighted by Gasteiger charge is -2.11. The second kappa shape index (κ2) is 5.21. The molecule has 0 saturated carbocycles. The van der Waals surface area contributed by atoms with Crippen molar-refractivity contribution in [2.24, 2.45) is 0 Å². The normalized spacial score (nSPS) is 11.4. The Morgan fingerprint density at radius 1 is 1.35 bits per heavy atom. The monoisotopic (exact) mass is 246 g/mol.